The van der Waals surface area contributed by atoms with Crippen molar-refractivity contribution in [3.63, 3.8) is 0 Å². The molecule has 3 saturated heterocycles. The smallest absolute Gasteiger partial charge is 0.170 e. The van der Waals surface area contributed by atoms with Crippen LogP contribution in [-0.4, -0.2) is 82.4 Å². The number of benzene rings is 2. The molecule has 1 atom stereocenters. The van der Waals surface area contributed by atoms with Crippen molar-refractivity contribution in [2.75, 3.05) is 75.9 Å². The first-order valence-corrected chi connectivity index (χ1v) is 14.3. The minimum absolute atomic E-state index is 0.210. The number of fused-ring (bicyclic) bond motifs is 1. The molecule has 0 bridgehead atoms. The summed E-state index contributed by atoms with van der Waals surface area (Å²) in [4.78, 5) is 7.61. The molecule has 4 aliphatic rings. The van der Waals surface area contributed by atoms with E-state index in [0.717, 1.165) is 89.8 Å². The number of anilines is 2. The third-order valence-corrected chi connectivity index (χ3v) is 9.26. The zero-order valence-electron chi connectivity index (χ0n) is 23.8. The fourth-order valence-electron chi connectivity index (χ4n) is 7.03. The number of likely N-dealkylation sites (tertiary alicyclic amines) is 1. The highest BCUT2D eigenvalue weighted by atomic mass is 16.7. The van der Waals surface area contributed by atoms with Gasteiger partial charge in [-0.25, -0.2) is 0 Å². The average Bonchev–Trinajstić information content (AvgIpc) is 3.54. The van der Waals surface area contributed by atoms with E-state index < -0.39 is 0 Å². The van der Waals surface area contributed by atoms with Gasteiger partial charge in [0.2, 0.25) is 0 Å². The van der Waals surface area contributed by atoms with Crippen molar-refractivity contribution < 1.29 is 18.9 Å². The summed E-state index contributed by atoms with van der Waals surface area (Å²) in [5.41, 5.74) is 7.93. The lowest BCUT2D eigenvalue weighted by atomic mass is 9.90. The Morgan fingerprint density at radius 2 is 1.45 bits per heavy atom. The monoisotopic (exact) mass is 521 g/mol. The molecule has 0 saturated carbocycles. The quantitative estimate of drug-likeness (QED) is 0.575. The molecule has 4 heterocycles. The molecule has 3 fully saturated rings. The van der Waals surface area contributed by atoms with Gasteiger partial charge in [0.05, 0.1) is 20.3 Å². The van der Waals surface area contributed by atoms with E-state index in [2.05, 4.69) is 66.7 Å². The van der Waals surface area contributed by atoms with E-state index in [9.17, 15) is 0 Å². The van der Waals surface area contributed by atoms with Crippen molar-refractivity contribution in [1.29, 1.82) is 0 Å². The lowest BCUT2D eigenvalue weighted by Crippen LogP contribution is -2.51. The molecule has 0 aliphatic carbocycles. The van der Waals surface area contributed by atoms with Crippen LogP contribution in [-0.2, 0) is 15.9 Å². The number of rotatable bonds is 5. The van der Waals surface area contributed by atoms with Crippen LogP contribution in [0.5, 0.6) is 11.5 Å². The summed E-state index contributed by atoms with van der Waals surface area (Å²) in [6, 6.07) is 8.43. The first-order chi connectivity index (χ1) is 18.3. The Balaban J connectivity index is 1.14. The minimum Gasteiger partial charge on any atom is -0.497 e. The summed E-state index contributed by atoms with van der Waals surface area (Å²) in [5.74, 6) is 1.70. The van der Waals surface area contributed by atoms with Crippen LogP contribution < -0.4 is 19.3 Å². The SMILES string of the molecule is COc1ccc(N2CCN(c3c(C)c(C)c4c(c3C)CC(C)(CN3CCC5(CC3)OCCO5)O4)CC2)cc1. The first-order valence-electron chi connectivity index (χ1n) is 14.3. The van der Waals surface area contributed by atoms with Gasteiger partial charge in [-0.1, -0.05) is 0 Å². The van der Waals surface area contributed by atoms with Gasteiger partial charge in [-0.15, -0.1) is 0 Å². The summed E-state index contributed by atoms with van der Waals surface area (Å²) < 4.78 is 24.0. The molecule has 0 N–H and O–H groups in total. The van der Waals surface area contributed by atoms with Crippen molar-refractivity contribution in [3.8, 4) is 11.5 Å². The van der Waals surface area contributed by atoms with Crippen molar-refractivity contribution >= 4 is 11.4 Å². The van der Waals surface area contributed by atoms with Gasteiger partial charge in [0.1, 0.15) is 17.1 Å². The third-order valence-electron chi connectivity index (χ3n) is 9.26. The Morgan fingerprint density at radius 1 is 0.816 bits per heavy atom. The molecule has 0 radical (unpaired) electrons. The second kappa shape index (κ2) is 9.92. The Kier molecular flexibility index (Phi) is 6.73. The number of piperidine rings is 1. The fraction of sp³-hybridized carbons (Fsp3) is 0.613. The molecule has 2 aromatic carbocycles. The maximum Gasteiger partial charge on any atom is 0.170 e. The summed E-state index contributed by atoms with van der Waals surface area (Å²) in [7, 11) is 1.72. The molecule has 6 rings (SSSR count). The molecule has 1 unspecified atom stereocenters. The number of ether oxygens (including phenoxy) is 4. The standard InChI is InChI=1S/C31H43N3O4/c1-22-23(2)29-27(20-30(4,38-29)21-32-12-10-31(11-13-32)36-18-19-37-31)24(3)28(22)34-16-14-33(15-17-34)25-6-8-26(35-5)9-7-25/h6-9H,10-21H2,1-5H3. The maximum absolute atomic E-state index is 6.80. The fourth-order valence-corrected chi connectivity index (χ4v) is 7.03. The summed E-state index contributed by atoms with van der Waals surface area (Å²) in [5, 5.41) is 0. The van der Waals surface area contributed by atoms with Crippen LogP contribution >= 0.6 is 0 Å². The van der Waals surface area contributed by atoms with Gasteiger partial charge in [0, 0.05) is 82.0 Å². The van der Waals surface area contributed by atoms with E-state index in [-0.39, 0.29) is 11.4 Å². The highest BCUT2D eigenvalue weighted by Gasteiger charge is 2.44. The molecular formula is C31H43N3O4. The van der Waals surface area contributed by atoms with E-state index in [1.54, 1.807) is 7.11 Å². The van der Waals surface area contributed by atoms with E-state index in [1.165, 1.54) is 33.6 Å². The van der Waals surface area contributed by atoms with Crippen LogP contribution in [0.3, 0.4) is 0 Å². The largest absolute Gasteiger partial charge is 0.497 e. The van der Waals surface area contributed by atoms with E-state index in [0.29, 0.717) is 0 Å². The molecule has 206 valence electrons. The van der Waals surface area contributed by atoms with Gasteiger partial charge in [0.15, 0.2) is 5.79 Å². The highest BCUT2D eigenvalue weighted by Crippen LogP contribution is 2.46. The highest BCUT2D eigenvalue weighted by molar-refractivity contribution is 5.70. The van der Waals surface area contributed by atoms with Crippen LogP contribution in [0.15, 0.2) is 24.3 Å². The van der Waals surface area contributed by atoms with Crippen LogP contribution in [0.4, 0.5) is 11.4 Å². The first kappa shape index (κ1) is 25.8. The van der Waals surface area contributed by atoms with E-state index in [1.807, 2.05) is 0 Å². The molecule has 1 spiro atoms. The molecule has 38 heavy (non-hydrogen) atoms. The van der Waals surface area contributed by atoms with E-state index >= 15 is 0 Å². The predicted molar refractivity (Wildman–Crippen MR) is 151 cm³/mol. The van der Waals surface area contributed by atoms with Gasteiger partial charge < -0.3 is 28.7 Å². The topological polar surface area (TPSA) is 46.6 Å². The minimum atomic E-state index is -0.326. The summed E-state index contributed by atoms with van der Waals surface area (Å²) in [6.07, 6.45) is 2.85. The number of nitrogens with zero attached hydrogens (tertiary/aromatic N) is 3. The van der Waals surface area contributed by atoms with Crippen LogP contribution in [0.2, 0.25) is 0 Å². The number of hydrogen-bond donors (Lipinski definition) is 0. The van der Waals surface area contributed by atoms with Gasteiger partial charge in [0.25, 0.3) is 0 Å². The molecule has 0 aromatic heterocycles. The van der Waals surface area contributed by atoms with Crippen LogP contribution in [0.1, 0.15) is 42.0 Å². The van der Waals surface area contributed by atoms with Gasteiger partial charge in [-0.3, -0.25) is 4.90 Å². The van der Waals surface area contributed by atoms with Crippen molar-refractivity contribution in [3.05, 3.63) is 46.5 Å². The van der Waals surface area contributed by atoms with Gasteiger partial charge >= 0.3 is 0 Å². The number of piperazine rings is 1. The van der Waals surface area contributed by atoms with Crippen molar-refractivity contribution in [2.24, 2.45) is 0 Å². The normalized spacial score (nSPS) is 25.1. The molecule has 2 aromatic rings. The predicted octanol–water partition coefficient (Wildman–Crippen LogP) is 4.48. The second-order valence-electron chi connectivity index (χ2n) is 11.8. The summed E-state index contributed by atoms with van der Waals surface area (Å²) in [6.45, 7) is 17.6. The van der Waals surface area contributed by atoms with Gasteiger partial charge in [-0.2, -0.15) is 0 Å². The molecule has 7 nitrogen and oxygen atoms in total. The van der Waals surface area contributed by atoms with Crippen LogP contribution in [0, 0.1) is 20.8 Å². The lowest BCUT2D eigenvalue weighted by molar-refractivity contribution is -0.187. The van der Waals surface area contributed by atoms with Crippen molar-refractivity contribution in [2.45, 2.75) is 58.3 Å². The van der Waals surface area contributed by atoms with Crippen molar-refractivity contribution in [1.82, 2.24) is 4.90 Å². The zero-order valence-corrected chi connectivity index (χ0v) is 23.8. The van der Waals surface area contributed by atoms with Gasteiger partial charge in [-0.05, 0) is 68.7 Å². The third kappa shape index (κ3) is 4.63. The Bertz CT molecular complexity index is 1160. The maximum atomic E-state index is 6.80. The second-order valence-corrected chi connectivity index (χ2v) is 11.8. The molecule has 4 aliphatic heterocycles. The lowest BCUT2D eigenvalue weighted by Gasteiger charge is -2.40. The Labute approximate surface area is 227 Å². The number of methoxy groups -OCH3 is 1. The molecule has 0 amide bonds. The Morgan fingerprint density at radius 3 is 2.08 bits per heavy atom. The summed E-state index contributed by atoms with van der Waals surface area (Å²) >= 11 is 0. The molecular weight excluding hydrogens is 478 g/mol. The number of hydrogen-bond acceptors (Lipinski definition) is 7. The van der Waals surface area contributed by atoms with Crippen LogP contribution in [0.25, 0.3) is 0 Å². The average molecular weight is 522 g/mol. The Hall–Kier alpha value is -2.48. The zero-order chi connectivity index (χ0) is 26.5. The molecule has 7 heteroatoms. The van der Waals surface area contributed by atoms with E-state index in [4.69, 9.17) is 18.9 Å².